The lowest BCUT2D eigenvalue weighted by atomic mass is 9.81. The Kier molecular flexibility index (Phi) is 4.38. The fourth-order valence-electron chi connectivity index (χ4n) is 3.14. The molecule has 0 atom stereocenters. The topological polar surface area (TPSA) is 92.4 Å². The van der Waals surface area contributed by atoms with Crippen LogP contribution in [0.2, 0.25) is 0 Å². The first-order valence-electron chi connectivity index (χ1n) is 8.11. The van der Waals surface area contributed by atoms with Gasteiger partial charge in [-0.3, -0.25) is 4.79 Å². The van der Waals surface area contributed by atoms with Crippen LogP contribution in [0.25, 0.3) is 11.5 Å². The van der Waals surface area contributed by atoms with Crippen molar-refractivity contribution in [2.45, 2.75) is 44.6 Å². The van der Waals surface area contributed by atoms with Gasteiger partial charge in [-0.05, 0) is 31.9 Å². The van der Waals surface area contributed by atoms with Crippen LogP contribution < -0.4 is 5.32 Å². The van der Waals surface area contributed by atoms with Crippen LogP contribution in [0.3, 0.4) is 0 Å². The van der Waals surface area contributed by atoms with Gasteiger partial charge >= 0.3 is 5.97 Å². The molecular weight excluding hydrogens is 308 g/mol. The molecule has 1 heterocycles. The summed E-state index contributed by atoms with van der Waals surface area (Å²) in [5, 5.41) is 12.3. The van der Waals surface area contributed by atoms with E-state index in [1.54, 1.807) is 6.92 Å². The summed E-state index contributed by atoms with van der Waals surface area (Å²) in [7, 11) is 0. The quantitative estimate of drug-likeness (QED) is 0.899. The minimum absolute atomic E-state index is 0.139. The summed E-state index contributed by atoms with van der Waals surface area (Å²) < 4.78 is 5.59. The minimum Gasteiger partial charge on any atom is -0.480 e. The van der Waals surface area contributed by atoms with Crippen molar-refractivity contribution >= 4 is 11.9 Å². The summed E-state index contributed by atoms with van der Waals surface area (Å²) in [5.41, 5.74) is -0.293. The van der Waals surface area contributed by atoms with Crippen LogP contribution in [-0.2, 0) is 4.79 Å². The Balaban J connectivity index is 1.85. The zero-order chi connectivity index (χ0) is 17.2. The van der Waals surface area contributed by atoms with E-state index in [4.69, 9.17) is 4.42 Å². The number of hydrogen-bond acceptors (Lipinski definition) is 4. The number of aromatic nitrogens is 1. The minimum atomic E-state index is -1.20. The van der Waals surface area contributed by atoms with E-state index in [0.29, 0.717) is 24.5 Å². The van der Waals surface area contributed by atoms with E-state index in [1.165, 1.54) is 0 Å². The summed E-state index contributed by atoms with van der Waals surface area (Å²) in [6.45, 7) is 1.66. The van der Waals surface area contributed by atoms with Crippen molar-refractivity contribution in [1.29, 1.82) is 0 Å². The normalized spacial score (nSPS) is 16.5. The predicted octanol–water partition coefficient (Wildman–Crippen LogP) is 3.17. The van der Waals surface area contributed by atoms with Crippen LogP contribution in [0.1, 0.15) is 48.4 Å². The summed E-state index contributed by atoms with van der Waals surface area (Å²) >= 11 is 0. The molecule has 3 rings (SSSR count). The Morgan fingerprint density at radius 1 is 1.17 bits per heavy atom. The maximum atomic E-state index is 12.6. The van der Waals surface area contributed by atoms with Crippen LogP contribution >= 0.6 is 0 Å². The Morgan fingerprint density at radius 2 is 1.83 bits per heavy atom. The molecule has 1 aliphatic rings. The number of carboxylic acids is 1. The number of amides is 1. The Labute approximate surface area is 139 Å². The molecule has 2 aromatic rings. The van der Waals surface area contributed by atoms with Crippen molar-refractivity contribution in [3.63, 3.8) is 0 Å². The first kappa shape index (κ1) is 16.2. The van der Waals surface area contributed by atoms with Gasteiger partial charge in [0, 0.05) is 5.56 Å². The van der Waals surface area contributed by atoms with Crippen molar-refractivity contribution in [1.82, 2.24) is 10.3 Å². The summed E-state index contributed by atoms with van der Waals surface area (Å²) in [5.74, 6) is -0.753. The smallest absolute Gasteiger partial charge is 0.329 e. The van der Waals surface area contributed by atoms with E-state index < -0.39 is 17.4 Å². The fraction of sp³-hybridized carbons (Fsp3) is 0.389. The lowest BCUT2D eigenvalue weighted by Crippen LogP contribution is -2.55. The van der Waals surface area contributed by atoms with Crippen molar-refractivity contribution in [3.8, 4) is 11.5 Å². The number of carbonyl (C=O) groups excluding carboxylic acids is 1. The number of oxazole rings is 1. The standard InChI is InChI=1S/C18H20N2O4/c1-12-14(19-16(24-12)13-8-4-2-5-9-13)15(21)20-18(17(22)23)10-6-3-7-11-18/h2,4-5,8-9H,3,6-7,10-11H2,1H3,(H,20,21)(H,22,23). The zero-order valence-corrected chi connectivity index (χ0v) is 13.5. The van der Waals surface area contributed by atoms with E-state index >= 15 is 0 Å². The third kappa shape index (κ3) is 3.04. The Morgan fingerprint density at radius 3 is 2.46 bits per heavy atom. The maximum absolute atomic E-state index is 12.6. The first-order valence-corrected chi connectivity index (χ1v) is 8.11. The van der Waals surface area contributed by atoms with Crippen LogP contribution in [0.5, 0.6) is 0 Å². The number of benzene rings is 1. The van der Waals surface area contributed by atoms with Gasteiger partial charge in [0.2, 0.25) is 5.89 Å². The second-order valence-electron chi connectivity index (χ2n) is 6.19. The fourth-order valence-corrected chi connectivity index (χ4v) is 3.14. The van der Waals surface area contributed by atoms with Crippen LogP contribution in [-0.4, -0.2) is 27.5 Å². The van der Waals surface area contributed by atoms with Gasteiger partial charge in [0.05, 0.1) is 0 Å². The monoisotopic (exact) mass is 328 g/mol. The second-order valence-corrected chi connectivity index (χ2v) is 6.19. The lowest BCUT2D eigenvalue weighted by Gasteiger charge is -2.33. The molecule has 0 spiro atoms. The molecule has 2 N–H and O–H groups in total. The number of nitrogens with one attached hydrogen (secondary N) is 1. The molecule has 0 unspecified atom stereocenters. The molecule has 0 radical (unpaired) electrons. The molecule has 24 heavy (non-hydrogen) atoms. The van der Waals surface area contributed by atoms with Crippen LogP contribution in [0.15, 0.2) is 34.7 Å². The van der Waals surface area contributed by atoms with Gasteiger partial charge in [0.1, 0.15) is 11.3 Å². The van der Waals surface area contributed by atoms with E-state index in [9.17, 15) is 14.7 Å². The van der Waals surface area contributed by atoms with Crippen LogP contribution in [0.4, 0.5) is 0 Å². The average molecular weight is 328 g/mol. The van der Waals surface area contributed by atoms with Crippen molar-refractivity contribution in [2.24, 2.45) is 0 Å². The summed E-state index contributed by atoms with van der Waals surface area (Å²) in [4.78, 5) is 28.6. The molecule has 1 aliphatic carbocycles. The summed E-state index contributed by atoms with van der Waals surface area (Å²) in [6.07, 6.45) is 3.46. The van der Waals surface area contributed by atoms with E-state index in [-0.39, 0.29) is 5.69 Å². The van der Waals surface area contributed by atoms with Gasteiger partial charge < -0.3 is 14.8 Å². The number of carbonyl (C=O) groups is 2. The van der Waals surface area contributed by atoms with Crippen molar-refractivity contribution in [2.75, 3.05) is 0 Å². The van der Waals surface area contributed by atoms with E-state index in [1.807, 2.05) is 30.3 Å². The zero-order valence-electron chi connectivity index (χ0n) is 13.5. The molecule has 1 aromatic heterocycles. The maximum Gasteiger partial charge on any atom is 0.329 e. The number of nitrogens with zero attached hydrogens (tertiary/aromatic N) is 1. The molecule has 0 saturated heterocycles. The van der Waals surface area contributed by atoms with Gasteiger partial charge in [0.15, 0.2) is 5.69 Å². The van der Waals surface area contributed by atoms with Crippen molar-refractivity contribution in [3.05, 3.63) is 41.8 Å². The predicted molar refractivity (Wildman–Crippen MR) is 87.6 cm³/mol. The highest BCUT2D eigenvalue weighted by Gasteiger charge is 2.41. The van der Waals surface area contributed by atoms with E-state index in [2.05, 4.69) is 10.3 Å². The molecule has 0 aliphatic heterocycles. The third-order valence-corrected chi connectivity index (χ3v) is 4.50. The first-order chi connectivity index (χ1) is 11.5. The second kappa shape index (κ2) is 6.47. The molecule has 1 saturated carbocycles. The number of hydrogen-bond donors (Lipinski definition) is 2. The SMILES string of the molecule is Cc1oc(-c2ccccc2)nc1C(=O)NC1(C(=O)O)CCCCC1. The van der Waals surface area contributed by atoms with Gasteiger partial charge in [-0.2, -0.15) is 0 Å². The largest absolute Gasteiger partial charge is 0.480 e. The molecular formula is C18H20N2O4. The highest BCUT2D eigenvalue weighted by molar-refractivity contribution is 5.97. The van der Waals surface area contributed by atoms with Crippen LogP contribution in [0, 0.1) is 6.92 Å². The van der Waals surface area contributed by atoms with Crippen molar-refractivity contribution < 1.29 is 19.1 Å². The Bertz CT molecular complexity index is 746. The number of aliphatic carboxylic acids is 1. The molecule has 0 bridgehead atoms. The van der Waals surface area contributed by atoms with Gasteiger partial charge in [-0.1, -0.05) is 37.5 Å². The third-order valence-electron chi connectivity index (χ3n) is 4.50. The summed E-state index contributed by atoms with van der Waals surface area (Å²) in [6, 6.07) is 9.28. The molecule has 1 fully saturated rings. The molecule has 126 valence electrons. The van der Waals surface area contributed by atoms with E-state index in [0.717, 1.165) is 24.8 Å². The number of rotatable bonds is 4. The Hall–Kier alpha value is -2.63. The molecule has 6 nitrogen and oxygen atoms in total. The lowest BCUT2D eigenvalue weighted by molar-refractivity contribution is -0.145. The van der Waals surface area contributed by atoms with Gasteiger partial charge in [0.25, 0.3) is 5.91 Å². The average Bonchev–Trinajstić information content (AvgIpc) is 2.98. The molecule has 1 aromatic carbocycles. The molecule has 1 amide bonds. The number of carboxylic acid groups (broad SMARTS) is 1. The van der Waals surface area contributed by atoms with Gasteiger partial charge in [-0.25, -0.2) is 9.78 Å². The molecule has 6 heteroatoms. The highest BCUT2D eigenvalue weighted by Crippen LogP contribution is 2.29. The van der Waals surface area contributed by atoms with Gasteiger partial charge in [-0.15, -0.1) is 0 Å². The highest BCUT2D eigenvalue weighted by atomic mass is 16.4. The number of aryl methyl sites for hydroxylation is 1.